The third-order valence-corrected chi connectivity index (χ3v) is 5.68. The third kappa shape index (κ3) is 4.81. The van der Waals surface area contributed by atoms with Gasteiger partial charge in [-0.25, -0.2) is 4.98 Å². The number of thiazole rings is 1. The largest absolute Gasteiger partial charge is 0.497 e. The van der Waals surface area contributed by atoms with Crippen molar-refractivity contribution >= 4 is 27.9 Å². The Morgan fingerprint density at radius 1 is 1.21 bits per heavy atom. The topological polar surface area (TPSA) is 79.2 Å². The van der Waals surface area contributed by atoms with Crippen LogP contribution in [0.4, 0.5) is 5.69 Å². The summed E-state index contributed by atoms with van der Waals surface area (Å²) in [5.74, 6) is 0.676. The van der Waals surface area contributed by atoms with Crippen LogP contribution in [-0.2, 0) is 11.3 Å². The molecule has 3 aromatic rings. The molecule has 4 rings (SSSR count). The minimum atomic E-state index is -0.0425. The third-order valence-electron chi connectivity index (χ3n) is 4.93. The van der Waals surface area contributed by atoms with Gasteiger partial charge in [0.2, 0.25) is 5.91 Å². The smallest absolute Gasteiger partial charge is 0.258 e. The van der Waals surface area contributed by atoms with Gasteiger partial charge in [-0.05, 0) is 12.1 Å². The van der Waals surface area contributed by atoms with E-state index in [0.717, 1.165) is 42.5 Å². The van der Waals surface area contributed by atoms with Crippen molar-refractivity contribution in [3.8, 4) is 5.75 Å². The van der Waals surface area contributed by atoms with Gasteiger partial charge in [-0.1, -0.05) is 6.07 Å². The monoisotopic (exact) mass is 413 g/mol. The van der Waals surface area contributed by atoms with Gasteiger partial charge in [0.1, 0.15) is 5.75 Å². The molecule has 1 saturated heterocycles. The number of piperazine rings is 1. The summed E-state index contributed by atoms with van der Waals surface area (Å²) in [6, 6.07) is 8.94. The molecule has 1 amide bonds. The van der Waals surface area contributed by atoms with Crippen molar-refractivity contribution in [3.63, 3.8) is 0 Å². The predicted molar refractivity (Wildman–Crippen MR) is 113 cm³/mol. The number of rotatable bonds is 6. The van der Waals surface area contributed by atoms with E-state index in [1.165, 1.54) is 11.3 Å². The molecule has 0 unspecified atom stereocenters. The van der Waals surface area contributed by atoms with E-state index in [-0.39, 0.29) is 11.5 Å². The molecule has 9 heteroatoms. The fourth-order valence-corrected chi connectivity index (χ4v) is 4.15. The van der Waals surface area contributed by atoms with Crippen LogP contribution in [0.1, 0.15) is 5.69 Å². The average molecular weight is 414 g/mol. The molecule has 0 spiro atoms. The minimum absolute atomic E-state index is 0.0375. The van der Waals surface area contributed by atoms with Gasteiger partial charge in [-0.15, -0.1) is 11.3 Å². The number of ether oxygens (including phenoxy) is 1. The van der Waals surface area contributed by atoms with Crippen molar-refractivity contribution in [2.75, 3.05) is 45.2 Å². The lowest BCUT2D eigenvalue weighted by molar-refractivity contribution is -0.117. The second kappa shape index (κ2) is 8.73. The highest BCUT2D eigenvalue weighted by atomic mass is 32.1. The number of aromatic nitrogens is 2. The van der Waals surface area contributed by atoms with E-state index < -0.39 is 0 Å². The van der Waals surface area contributed by atoms with Crippen LogP contribution in [0.5, 0.6) is 5.75 Å². The molecule has 1 fully saturated rings. The minimum Gasteiger partial charge on any atom is -0.497 e. The number of carbonyl (C=O) groups excluding carboxylic acids is 1. The first kappa shape index (κ1) is 19.6. The Labute approximate surface area is 172 Å². The zero-order valence-electron chi connectivity index (χ0n) is 16.2. The van der Waals surface area contributed by atoms with Crippen LogP contribution < -0.4 is 15.6 Å². The van der Waals surface area contributed by atoms with E-state index in [1.54, 1.807) is 29.8 Å². The molecule has 1 N–H and O–H groups in total. The van der Waals surface area contributed by atoms with Crippen LogP contribution in [0.25, 0.3) is 4.96 Å². The highest BCUT2D eigenvalue weighted by Gasteiger charge is 2.20. The zero-order valence-corrected chi connectivity index (χ0v) is 17.0. The summed E-state index contributed by atoms with van der Waals surface area (Å²) in [5.41, 5.74) is 1.48. The summed E-state index contributed by atoms with van der Waals surface area (Å²) in [4.78, 5) is 34.1. The van der Waals surface area contributed by atoms with Gasteiger partial charge < -0.3 is 10.1 Å². The highest BCUT2D eigenvalue weighted by molar-refractivity contribution is 7.15. The van der Waals surface area contributed by atoms with E-state index in [1.807, 2.05) is 23.6 Å². The number of nitrogens with zero attached hydrogens (tertiary/aromatic N) is 4. The van der Waals surface area contributed by atoms with Crippen molar-refractivity contribution < 1.29 is 9.53 Å². The Hall–Kier alpha value is -2.75. The molecule has 3 heterocycles. The van der Waals surface area contributed by atoms with E-state index in [9.17, 15) is 9.59 Å². The van der Waals surface area contributed by atoms with Crippen LogP contribution in [0.3, 0.4) is 0 Å². The van der Waals surface area contributed by atoms with Crippen molar-refractivity contribution in [1.82, 2.24) is 19.2 Å². The van der Waals surface area contributed by atoms with Gasteiger partial charge in [-0.2, -0.15) is 0 Å². The molecule has 152 valence electrons. The number of nitrogens with one attached hydrogen (secondary N) is 1. The van der Waals surface area contributed by atoms with Crippen LogP contribution >= 0.6 is 11.3 Å². The summed E-state index contributed by atoms with van der Waals surface area (Å²) >= 11 is 1.46. The van der Waals surface area contributed by atoms with Crippen LogP contribution in [0.15, 0.2) is 46.7 Å². The molecule has 0 atom stereocenters. The Kier molecular flexibility index (Phi) is 5.89. The predicted octanol–water partition coefficient (Wildman–Crippen LogP) is 1.52. The van der Waals surface area contributed by atoms with Crippen molar-refractivity contribution in [2.24, 2.45) is 0 Å². The lowest BCUT2D eigenvalue weighted by atomic mass is 10.2. The van der Waals surface area contributed by atoms with Crippen LogP contribution in [-0.4, -0.2) is 64.9 Å². The Morgan fingerprint density at radius 2 is 2.00 bits per heavy atom. The van der Waals surface area contributed by atoms with Crippen molar-refractivity contribution in [3.05, 3.63) is 58.0 Å². The van der Waals surface area contributed by atoms with Crippen LogP contribution in [0, 0.1) is 0 Å². The maximum Gasteiger partial charge on any atom is 0.258 e. The number of fused-ring (bicyclic) bond motifs is 1. The number of amides is 1. The number of hydrogen-bond acceptors (Lipinski definition) is 7. The number of hydrogen-bond donors (Lipinski definition) is 1. The first-order valence-corrected chi connectivity index (χ1v) is 10.3. The fourth-order valence-electron chi connectivity index (χ4n) is 3.41. The van der Waals surface area contributed by atoms with Gasteiger partial charge in [0.05, 0.1) is 19.3 Å². The molecule has 2 aromatic heterocycles. The van der Waals surface area contributed by atoms with Crippen molar-refractivity contribution in [1.29, 1.82) is 0 Å². The van der Waals surface area contributed by atoms with Gasteiger partial charge in [-0.3, -0.25) is 23.8 Å². The average Bonchev–Trinajstić information content (AvgIpc) is 3.19. The van der Waals surface area contributed by atoms with Crippen LogP contribution in [0.2, 0.25) is 0 Å². The Balaban J connectivity index is 1.27. The number of carbonyl (C=O) groups is 1. The molecule has 0 saturated carbocycles. The molecule has 8 nitrogen and oxygen atoms in total. The molecule has 1 aliphatic heterocycles. The second-order valence-electron chi connectivity index (χ2n) is 6.97. The van der Waals surface area contributed by atoms with E-state index in [2.05, 4.69) is 20.1 Å². The lowest BCUT2D eigenvalue weighted by Crippen LogP contribution is -2.48. The fraction of sp³-hybridized carbons (Fsp3) is 0.350. The molecule has 0 aliphatic carbocycles. The Morgan fingerprint density at radius 3 is 2.79 bits per heavy atom. The summed E-state index contributed by atoms with van der Waals surface area (Å²) in [6.07, 6.45) is 1.74. The molecule has 1 aromatic carbocycles. The number of benzene rings is 1. The SMILES string of the molecule is COc1cccc(NC(=O)CN2CCN(Cc3cc(=O)n4ccsc4n3)CC2)c1. The summed E-state index contributed by atoms with van der Waals surface area (Å²) < 4.78 is 6.74. The first-order valence-electron chi connectivity index (χ1n) is 9.45. The van der Waals surface area contributed by atoms with E-state index in [4.69, 9.17) is 4.74 Å². The summed E-state index contributed by atoms with van der Waals surface area (Å²) in [5, 5.41) is 4.78. The number of anilines is 1. The standard InChI is InChI=1S/C20H23N5O3S/c1-28-17-4-2-3-15(11-17)21-18(26)14-24-7-5-23(6-8-24)13-16-12-19(27)25-9-10-29-20(25)22-16/h2-4,9-12H,5-8,13-14H2,1H3,(H,21,26). The normalized spacial score (nSPS) is 15.5. The first-order chi connectivity index (χ1) is 14.1. The Bertz CT molecular complexity index is 1060. The summed E-state index contributed by atoms with van der Waals surface area (Å²) in [6.45, 7) is 4.26. The lowest BCUT2D eigenvalue weighted by Gasteiger charge is -2.34. The summed E-state index contributed by atoms with van der Waals surface area (Å²) in [7, 11) is 1.60. The van der Waals surface area contributed by atoms with Gasteiger partial charge in [0.15, 0.2) is 4.96 Å². The van der Waals surface area contributed by atoms with Crippen molar-refractivity contribution in [2.45, 2.75) is 6.54 Å². The molecule has 0 radical (unpaired) electrons. The quantitative estimate of drug-likeness (QED) is 0.660. The molecule has 29 heavy (non-hydrogen) atoms. The molecule has 1 aliphatic rings. The van der Waals surface area contributed by atoms with E-state index >= 15 is 0 Å². The molecular formula is C20H23N5O3S. The van der Waals surface area contributed by atoms with Gasteiger partial charge in [0.25, 0.3) is 5.56 Å². The highest BCUT2D eigenvalue weighted by Crippen LogP contribution is 2.17. The second-order valence-corrected chi connectivity index (χ2v) is 7.85. The van der Waals surface area contributed by atoms with Gasteiger partial charge >= 0.3 is 0 Å². The van der Waals surface area contributed by atoms with Gasteiger partial charge in [0, 0.05) is 62.1 Å². The zero-order chi connectivity index (χ0) is 20.2. The molecular weight excluding hydrogens is 390 g/mol. The maximum atomic E-state index is 12.3. The molecule has 0 bridgehead atoms. The number of methoxy groups -OCH3 is 1. The van der Waals surface area contributed by atoms with E-state index in [0.29, 0.717) is 18.8 Å². The maximum absolute atomic E-state index is 12.3.